The predicted molar refractivity (Wildman–Crippen MR) is 218 cm³/mol. The van der Waals surface area contributed by atoms with Crippen molar-refractivity contribution in [3.63, 3.8) is 0 Å². The molecule has 60 heavy (non-hydrogen) atoms. The molecule has 8 aliphatic rings. The first-order chi connectivity index (χ1) is 28.9. The number of Topliss-reactive ketones (excluding diaryl/α,β-unsaturated/α-hetero) is 1. The standard InChI is InChI=1S/C48H64N2O10/c1-44(2)39-38(53)40(54)47(31-14-9-13-29(21-31)20-28-10-5-4-6-11-28)35(46(39)26-57-37(52)23-36(46)59-44)16-18-45(3)41(58-43(55)42-48(45,47)60-42)33-17-19-56-34(33)22-30(25-51)12-7-8-15-32-24-49-27-50-32/h4-6,10-11,17,19,29-32,35-36,39-42,49-51,54H,7-9,12-16,18,20-27H2,1-3H3. The van der Waals surface area contributed by atoms with Crippen LogP contribution in [-0.4, -0.2) is 89.9 Å². The fourth-order valence-corrected chi connectivity index (χ4v) is 15.1. The molecule has 1 aromatic heterocycles. The summed E-state index contributed by atoms with van der Waals surface area (Å²) >= 11 is 0. The summed E-state index contributed by atoms with van der Waals surface area (Å²) in [5, 5.41) is 30.7. The number of ketones is 1. The van der Waals surface area contributed by atoms with Gasteiger partial charge in [-0.3, -0.25) is 9.59 Å². The molecule has 4 N–H and O–H groups in total. The molecule has 8 fully saturated rings. The second-order valence-corrected chi connectivity index (χ2v) is 20.7. The van der Waals surface area contributed by atoms with E-state index in [2.05, 4.69) is 41.8 Å². The third-order valence-electron chi connectivity index (χ3n) is 17.4. The summed E-state index contributed by atoms with van der Waals surface area (Å²) in [7, 11) is 0. The molecule has 0 radical (unpaired) electrons. The molecule has 326 valence electrons. The van der Waals surface area contributed by atoms with Gasteiger partial charge in [-0.15, -0.1) is 0 Å². The molecular formula is C48H64N2O10. The molecule has 0 amide bonds. The third kappa shape index (κ3) is 5.86. The van der Waals surface area contributed by atoms with Gasteiger partial charge >= 0.3 is 11.9 Å². The monoisotopic (exact) mass is 828 g/mol. The van der Waals surface area contributed by atoms with Gasteiger partial charge in [-0.05, 0) is 94.1 Å². The second kappa shape index (κ2) is 15.0. The van der Waals surface area contributed by atoms with Crippen molar-refractivity contribution in [2.24, 2.45) is 45.8 Å². The first-order valence-corrected chi connectivity index (χ1v) is 23.0. The number of rotatable bonds is 12. The average Bonchev–Trinajstić information content (AvgIpc) is 3.47. The summed E-state index contributed by atoms with van der Waals surface area (Å²) < 4.78 is 32.6. The Bertz CT molecular complexity index is 1960. The number of ether oxygens (including phenoxy) is 4. The number of nitrogens with one attached hydrogen (secondary N) is 2. The fraction of sp³-hybridized carbons (Fsp3) is 0.729. The minimum absolute atomic E-state index is 0.0125. The molecule has 2 aromatic rings. The highest BCUT2D eigenvalue weighted by Crippen LogP contribution is 2.82. The van der Waals surface area contributed by atoms with Gasteiger partial charge in [0.05, 0.1) is 30.3 Å². The van der Waals surface area contributed by atoms with Crippen LogP contribution < -0.4 is 10.6 Å². The first kappa shape index (κ1) is 40.9. The van der Waals surface area contributed by atoms with Gasteiger partial charge in [0.25, 0.3) is 0 Å². The Kier molecular flexibility index (Phi) is 10.2. The van der Waals surface area contributed by atoms with Crippen molar-refractivity contribution >= 4 is 17.7 Å². The van der Waals surface area contributed by atoms with E-state index in [0.717, 1.165) is 76.6 Å². The lowest BCUT2D eigenvalue weighted by Gasteiger charge is -2.70. The van der Waals surface area contributed by atoms with Crippen LogP contribution in [0.1, 0.15) is 114 Å². The molecule has 2 spiro atoms. The number of unbranched alkanes of at least 4 members (excludes halogenated alkanes) is 1. The summed E-state index contributed by atoms with van der Waals surface area (Å²) in [5.74, 6) is -1.39. The first-order valence-electron chi connectivity index (χ1n) is 23.0. The molecule has 6 heterocycles. The van der Waals surface area contributed by atoms with Gasteiger partial charge in [0.2, 0.25) is 0 Å². The molecule has 10 rings (SSSR count). The molecule has 12 heteroatoms. The van der Waals surface area contributed by atoms with E-state index in [1.54, 1.807) is 6.26 Å². The van der Waals surface area contributed by atoms with E-state index in [0.29, 0.717) is 37.0 Å². The maximum Gasteiger partial charge on any atom is 0.339 e. The van der Waals surface area contributed by atoms with Gasteiger partial charge < -0.3 is 44.2 Å². The van der Waals surface area contributed by atoms with Gasteiger partial charge in [0.1, 0.15) is 30.2 Å². The van der Waals surface area contributed by atoms with Crippen molar-refractivity contribution in [3.8, 4) is 0 Å². The predicted octanol–water partition coefficient (Wildman–Crippen LogP) is 5.37. The SMILES string of the molecule is CC1(C)OC2CC(=O)OCC23C1C(=O)C(O)C1(C2CCCC(Cc4ccccc4)C2)C3CCC2(C)C(c3ccoc3CC(CO)CCCCC3CNCN3)OC(=O)C3OC321. The van der Waals surface area contributed by atoms with Crippen LogP contribution >= 0.6 is 0 Å². The Labute approximate surface area is 353 Å². The van der Waals surface area contributed by atoms with Crippen LogP contribution in [0.15, 0.2) is 47.1 Å². The van der Waals surface area contributed by atoms with E-state index < -0.39 is 63.8 Å². The van der Waals surface area contributed by atoms with Gasteiger partial charge in [0.15, 0.2) is 11.9 Å². The number of epoxide rings is 1. The van der Waals surface area contributed by atoms with Crippen LogP contribution in [0.2, 0.25) is 0 Å². The van der Waals surface area contributed by atoms with Crippen LogP contribution in [-0.2, 0) is 46.2 Å². The summed E-state index contributed by atoms with van der Waals surface area (Å²) in [5.41, 5.74) is -3.12. The lowest BCUT2D eigenvalue weighted by Crippen LogP contribution is -2.79. The van der Waals surface area contributed by atoms with E-state index in [1.807, 2.05) is 26.0 Å². The molecule has 3 saturated carbocycles. The van der Waals surface area contributed by atoms with Crippen molar-refractivity contribution in [3.05, 3.63) is 59.5 Å². The molecular weight excluding hydrogens is 765 g/mol. The molecule has 5 saturated heterocycles. The lowest BCUT2D eigenvalue weighted by atomic mass is 9.32. The zero-order valence-electron chi connectivity index (χ0n) is 35.5. The topological polar surface area (TPSA) is 169 Å². The highest BCUT2D eigenvalue weighted by molar-refractivity contribution is 5.92. The fourth-order valence-electron chi connectivity index (χ4n) is 15.1. The summed E-state index contributed by atoms with van der Waals surface area (Å²) in [6.45, 7) is 7.84. The van der Waals surface area contributed by atoms with Gasteiger partial charge in [0, 0.05) is 54.1 Å². The number of carbonyl (C=O) groups excluding carboxylic acids is 3. The van der Waals surface area contributed by atoms with Crippen LogP contribution in [0.25, 0.3) is 0 Å². The summed E-state index contributed by atoms with van der Waals surface area (Å²) in [6.07, 6.45) is 7.95. The van der Waals surface area contributed by atoms with E-state index >= 15 is 4.79 Å². The third-order valence-corrected chi connectivity index (χ3v) is 17.4. The lowest BCUT2D eigenvalue weighted by molar-refractivity contribution is -0.276. The minimum atomic E-state index is -1.44. The smallest absolute Gasteiger partial charge is 0.339 e. The van der Waals surface area contributed by atoms with E-state index in [-0.39, 0.29) is 49.1 Å². The van der Waals surface area contributed by atoms with E-state index in [1.165, 1.54) is 5.56 Å². The second-order valence-electron chi connectivity index (χ2n) is 20.7. The van der Waals surface area contributed by atoms with Crippen molar-refractivity contribution in [2.75, 3.05) is 26.4 Å². The van der Waals surface area contributed by atoms with Gasteiger partial charge in [-0.1, -0.05) is 62.9 Å². The Morgan fingerprint density at radius 1 is 0.983 bits per heavy atom. The number of aliphatic hydroxyl groups is 2. The highest BCUT2D eigenvalue weighted by atomic mass is 16.7. The number of hydrogen-bond donors (Lipinski definition) is 4. The number of furan rings is 1. The zero-order chi connectivity index (χ0) is 41.7. The Balaban J connectivity index is 1.05. The van der Waals surface area contributed by atoms with Crippen LogP contribution in [0.4, 0.5) is 0 Å². The Morgan fingerprint density at radius 2 is 1.82 bits per heavy atom. The summed E-state index contributed by atoms with van der Waals surface area (Å²) in [4.78, 5) is 43.1. The van der Waals surface area contributed by atoms with Gasteiger partial charge in [-0.25, -0.2) is 4.79 Å². The number of carbonyl (C=O) groups is 3. The molecule has 1 aromatic carbocycles. The Morgan fingerprint density at radius 3 is 2.60 bits per heavy atom. The van der Waals surface area contributed by atoms with E-state index in [4.69, 9.17) is 23.4 Å². The quantitative estimate of drug-likeness (QED) is 0.123. The van der Waals surface area contributed by atoms with Crippen LogP contribution in [0.3, 0.4) is 0 Å². The molecule has 14 atom stereocenters. The number of fused-ring (bicyclic) bond motifs is 1. The molecule has 12 nitrogen and oxygen atoms in total. The minimum Gasteiger partial charge on any atom is -0.469 e. The van der Waals surface area contributed by atoms with Crippen molar-refractivity contribution in [1.82, 2.24) is 10.6 Å². The van der Waals surface area contributed by atoms with E-state index in [9.17, 15) is 19.8 Å². The number of esters is 2. The largest absolute Gasteiger partial charge is 0.469 e. The highest BCUT2D eigenvalue weighted by Gasteiger charge is 2.92. The normalized spacial score (nSPS) is 43.1. The number of benzene rings is 1. The number of cyclic esters (lactones) is 2. The van der Waals surface area contributed by atoms with Crippen molar-refractivity contribution in [1.29, 1.82) is 0 Å². The molecule has 3 aliphatic carbocycles. The number of aliphatic hydroxyl groups excluding tert-OH is 2. The molecule has 5 aliphatic heterocycles. The van der Waals surface area contributed by atoms with Crippen molar-refractivity contribution < 1.29 is 48.0 Å². The van der Waals surface area contributed by atoms with Gasteiger partial charge in [-0.2, -0.15) is 0 Å². The summed E-state index contributed by atoms with van der Waals surface area (Å²) in [6, 6.07) is 12.9. The number of hydrogen-bond acceptors (Lipinski definition) is 12. The maximum absolute atomic E-state index is 15.5. The van der Waals surface area contributed by atoms with Crippen molar-refractivity contribution in [2.45, 2.75) is 146 Å². The van der Waals surface area contributed by atoms with Crippen LogP contribution in [0, 0.1) is 45.8 Å². The van der Waals surface area contributed by atoms with Crippen LogP contribution in [0.5, 0.6) is 0 Å². The maximum atomic E-state index is 15.5. The zero-order valence-corrected chi connectivity index (χ0v) is 35.5. The molecule has 0 bridgehead atoms. The molecule has 14 unspecified atom stereocenters. The Hall–Kier alpha value is -3.13. The average molecular weight is 829 g/mol.